The number of hydrogen-bond donors (Lipinski definition) is 1. The van der Waals surface area contributed by atoms with Gasteiger partial charge in [0.2, 0.25) is 0 Å². The number of urea groups is 1. The van der Waals surface area contributed by atoms with E-state index in [1.165, 1.54) is 0 Å². The average molecular weight is 422 g/mol. The predicted octanol–water partition coefficient (Wildman–Crippen LogP) is 4.60. The number of amides is 3. The summed E-state index contributed by atoms with van der Waals surface area (Å²) in [7, 11) is 0. The van der Waals surface area contributed by atoms with Crippen molar-refractivity contribution in [1.82, 2.24) is 5.32 Å². The van der Waals surface area contributed by atoms with Crippen LogP contribution >= 0.6 is 27.5 Å². The molecular formula is C18H14BrClN2O3. The molecule has 0 aromatic heterocycles. The van der Waals surface area contributed by atoms with Crippen LogP contribution in [0, 0.1) is 0 Å². The fourth-order valence-electron chi connectivity index (χ4n) is 2.46. The molecule has 5 nitrogen and oxygen atoms in total. The molecule has 2 aromatic carbocycles. The zero-order valence-electron chi connectivity index (χ0n) is 13.3. The highest BCUT2D eigenvalue weighted by Crippen LogP contribution is 2.28. The van der Waals surface area contributed by atoms with E-state index in [0.29, 0.717) is 28.6 Å². The molecule has 3 amide bonds. The van der Waals surface area contributed by atoms with Crippen LogP contribution in [0.5, 0.6) is 5.75 Å². The number of ether oxygens (including phenoxy) is 1. The number of benzene rings is 2. The minimum atomic E-state index is -0.522. The zero-order chi connectivity index (χ0) is 18.0. The molecule has 0 radical (unpaired) electrons. The maximum atomic E-state index is 12.7. The van der Waals surface area contributed by atoms with Crippen molar-refractivity contribution in [3.05, 3.63) is 63.2 Å². The molecule has 3 rings (SSSR count). The van der Waals surface area contributed by atoms with Crippen molar-refractivity contribution in [2.45, 2.75) is 6.92 Å². The number of rotatable bonds is 4. The lowest BCUT2D eigenvalue weighted by atomic mass is 10.1. The van der Waals surface area contributed by atoms with Gasteiger partial charge in [-0.15, -0.1) is 0 Å². The second kappa shape index (κ2) is 7.29. The molecule has 1 fully saturated rings. The van der Waals surface area contributed by atoms with Gasteiger partial charge < -0.3 is 10.1 Å². The van der Waals surface area contributed by atoms with Crippen molar-refractivity contribution in [3.8, 4) is 5.75 Å². The minimum Gasteiger partial charge on any atom is -0.493 e. The predicted molar refractivity (Wildman–Crippen MR) is 101 cm³/mol. The van der Waals surface area contributed by atoms with Crippen molar-refractivity contribution in [1.29, 1.82) is 0 Å². The highest BCUT2D eigenvalue weighted by molar-refractivity contribution is 9.10. The summed E-state index contributed by atoms with van der Waals surface area (Å²) in [6.45, 7) is 2.37. The van der Waals surface area contributed by atoms with Crippen molar-refractivity contribution < 1.29 is 14.3 Å². The lowest BCUT2D eigenvalue weighted by Crippen LogP contribution is -2.30. The van der Waals surface area contributed by atoms with Crippen molar-refractivity contribution in [2.24, 2.45) is 0 Å². The Kier molecular flexibility index (Phi) is 5.11. The Hall–Kier alpha value is -2.31. The van der Waals surface area contributed by atoms with Gasteiger partial charge in [0.25, 0.3) is 5.91 Å². The van der Waals surface area contributed by atoms with Gasteiger partial charge in [0.05, 0.1) is 12.3 Å². The first-order valence-electron chi connectivity index (χ1n) is 7.54. The highest BCUT2D eigenvalue weighted by Gasteiger charge is 2.35. The molecule has 0 aliphatic carbocycles. The van der Waals surface area contributed by atoms with Crippen LogP contribution in [0.15, 0.2) is 52.6 Å². The summed E-state index contributed by atoms with van der Waals surface area (Å²) in [4.78, 5) is 26.0. The standard InChI is InChI=1S/C18H14BrClN2O3/c1-2-25-16-7-6-12(19)8-11(16)9-15-17(23)22(18(24)21-15)14-5-3-4-13(20)10-14/h3-10H,2H2,1H3,(H,21,24)/b15-9+. The largest absolute Gasteiger partial charge is 0.493 e. The van der Waals surface area contributed by atoms with Crippen LogP contribution in [0.3, 0.4) is 0 Å². The summed E-state index contributed by atoms with van der Waals surface area (Å²) in [5.41, 5.74) is 1.27. The monoisotopic (exact) mass is 420 g/mol. The molecule has 1 N–H and O–H groups in total. The molecule has 0 spiro atoms. The maximum absolute atomic E-state index is 12.7. The third-order valence-corrected chi connectivity index (χ3v) is 4.24. The summed E-state index contributed by atoms with van der Waals surface area (Å²) < 4.78 is 6.41. The van der Waals surface area contributed by atoms with Gasteiger partial charge in [0.15, 0.2) is 0 Å². The quantitative estimate of drug-likeness (QED) is 0.580. The van der Waals surface area contributed by atoms with Crippen LogP contribution in [0.2, 0.25) is 5.02 Å². The van der Waals surface area contributed by atoms with Gasteiger partial charge in [-0.3, -0.25) is 4.79 Å². The molecule has 0 saturated carbocycles. The number of carbonyl (C=O) groups is 2. The van der Waals surface area contributed by atoms with E-state index < -0.39 is 11.9 Å². The summed E-state index contributed by atoms with van der Waals surface area (Å²) in [5, 5.41) is 3.04. The van der Waals surface area contributed by atoms with Crippen LogP contribution in [-0.4, -0.2) is 18.5 Å². The molecule has 7 heteroatoms. The molecular weight excluding hydrogens is 408 g/mol. The molecule has 2 aromatic rings. The van der Waals surface area contributed by atoms with Crippen molar-refractivity contribution >= 4 is 51.2 Å². The summed E-state index contributed by atoms with van der Waals surface area (Å²) in [6.07, 6.45) is 1.60. The first-order valence-corrected chi connectivity index (χ1v) is 8.71. The van der Waals surface area contributed by atoms with Crippen LogP contribution in [0.4, 0.5) is 10.5 Å². The number of nitrogens with zero attached hydrogens (tertiary/aromatic N) is 1. The SMILES string of the molecule is CCOc1ccc(Br)cc1/C=C1/NC(=O)N(c2cccc(Cl)c2)C1=O. The summed E-state index contributed by atoms with van der Waals surface area (Å²) in [6, 6.07) is 11.5. The number of halogens is 2. The highest BCUT2D eigenvalue weighted by atomic mass is 79.9. The van der Waals surface area contributed by atoms with Gasteiger partial charge in [-0.05, 0) is 49.4 Å². The number of carbonyl (C=O) groups excluding carboxylic acids is 2. The molecule has 1 heterocycles. The fourth-order valence-corrected chi connectivity index (χ4v) is 3.02. The Morgan fingerprint density at radius 1 is 1.24 bits per heavy atom. The smallest absolute Gasteiger partial charge is 0.333 e. The molecule has 1 aliphatic rings. The molecule has 1 aliphatic heterocycles. The zero-order valence-corrected chi connectivity index (χ0v) is 15.6. The van der Waals surface area contributed by atoms with Crippen molar-refractivity contribution in [2.75, 3.05) is 11.5 Å². The van der Waals surface area contributed by atoms with E-state index in [4.69, 9.17) is 16.3 Å². The second-order valence-corrected chi connectivity index (χ2v) is 6.58. The summed E-state index contributed by atoms with van der Waals surface area (Å²) >= 11 is 9.35. The molecule has 1 saturated heterocycles. The third-order valence-electron chi connectivity index (χ3n) is 3.52. The van der Waals surface area contributed by atoms with E-state index in [9.17, 15) is 9.59 Å². The third kappa shape index (κ3) is 3.70. The molecule has 0 bridgehead atoms. The fraction of sp³-hybridized carbons (Fsp3) is 0.111. The van der Waals surface area contributed by atoms with E-state index in [2.05, 4.69) is 21.2 Å². The summed E-state index contributed by atoms with van der Waals surface area (Å²) in [5.74, 6) is 0.177. The van der Waals surface area contributed by atoms with Crippen LogP contribution in [-0.2, 0) is 4.79 Å². The average Bonchev–Trinajstić information content (AvgIpc) is 2.84. The van der Waals surface area contributed by atoms with Gasteiger partial charge in [-0.2, -0.15) is 0 Å². The van der Waals surface area contributed by atoms with Gasteiger partial charge in [-0.1, -0.05) is 33.6 Å². The first kappa shape index (κ1) is 17.5. The first-order chi connectivity index (χ1) is 12.0. The molecule has 0 unspecified atom stereocenters. The number of anilines is 1. The molecule has 128 valence electrons. The normalized spacial score (nSPS) is 15.6. The van der Waals surface area contributed by atoms with E-state index >= 15 is 0 Å². The molecule has 0 atom stereocenters. The molecule has 25 heavy (non-hydrogen) atoms. The van der Waals surface area contributed by atoms with Crippen LogP contribution in [0.25, 0.3) is 6.08 Å². The Bertz CT molecular complexity index is 882. The Morgan fingerprint density at radius 2 is 2.04 bits per heavy atom. The van der Waals surface area contributed by atoms with E-state index in [-0.39, 0.29) is 5.70 Å². The van der Waals surface area contributed by atoms with Gasteiger partial charge in [-0.25, -0.2) is 9.69 Å². The number of imide groups is 1. The van der Waals surface area contributed by atoms with Gasteiger partial charge in [0.1, 0.15) is 11.4 Å². The minimum absolute atomic E-state index is 0.170. The lowest BCUT2D eigenvalue weighted by molar-refractivity contribution is -0.113. The Labute approximate surface area is 158 Å². The van der Waals surface area contributed by atoms with E-state index in [1.54, 1.807) is 36.4 Å². The maximum Gasteiger partial charge on any atom is 0.333 e. The second-order valence-electron chi connectivity index (χ2n) is 5.22. The topological polar surface area (TPSA) is 58.6 Å². The van der Waals surface area contributed by atoms with Crippen molar-refractivity contribution in [3.63, 3.8) is 0 Å². The Balaban J connectivity index is 1.97. The number of hydrogen-bond acceptors (Lipinski definition) is 3. The Morgan fingerprint density at radius 3 is 2.76 bits per heavy atom. The van der Waals surface area contributed by atoms with Crippen LogP contribution in [0.1, 0.15) is 12.5 Å². The van der Waals surface area contributed by atoms with E-state index in [1.807, 2.05) is 19.1 Å². The number of nitrogens with one attached hydrogen (secondary N) is 1. The van der Waals surface area contributed by atoms with Crippen LogP contribution < -0.4 is 15.0 Å². The van der Waals surface area contributed by atoms with Gasteiger partial charge >= 0.3 is 6.03 Å². The van der Waals surface area contributed by atoms with Gasteiger partial charge in [0, 0.05) is 15.1 Å². The lowest BCUT2D eigenvalue weighted by Gasteiger charge is -2.11. The van der Waals surface area contributed by atoms with E-state index in [0.717, 1.165) is 9.37 Å².